The molecule has 0 bridgehead atoms. The molecule has 1 aliphatic rings. The first kappa shape index (κ1) is 22.8. The van der Waals surface area contributed by atoms with Gasteiger partial charge >= 0.3 is 0 Å². The van der Waals surface area contributed by atoms with E-state index in [2.05, 4.69) is 64.2 Å². The fourth-order valence-electron chi connectivity index (χ4n) is 4.79. The molecule has 1 amide bonds. The lowest BCUT2D eigenvalue weighted by molar-refractivity contribution is -0.111. The molecule has 0 fully saturated rings. The van der Waals surface area contributed by atoms with Gasteiger partial charge in [-0.25, -0.2) is 0 Å². The topological polar surface area (TPSA) is 49.3 Å². The van der Waals surface area contributed by atoms with Crippen LogP contribution in [0.4, 0.5) is 5.69 Å². The number of anilines is 1. The molecule has 3 heteroatoms. The Morgan fingerprint density at radius 2 is 1.48 bits per heavy atom. The number of hydrogen-bond donors (Lipinski definition) is 2. The van der Waals surface area contributed by atoms with Crippen molar-refractivity contribution in [3.63, 3.8) is 0 Å². The summed E-state index contributed by atoms with van der Waals surface area (Å²) in [6, 6.07) is 19.5. The predicted octanol–water partition coefficient (Wildman–Crippen LogP) is 7.37. The Bertz CT molecular complexity index is 1220. The van der Waals surface area contributed by atoms with Crippen molar-refractivity contribution in [2.75, 3.05) is 5.32 Å². The lowest BCUT2D eigenvalue weighted by atomic mass is 9.62. The molecule has 33 heavy (non-hydrogen) atoms. The number of phenols is 1. The van der Waals surface area contributed by atoms with Crippen LogP contribution in [0.2, 0.25) is 0 Å². The van der Waals surface area contributed by atoms with Gasteiger partial charge in [0.15, 0.2) is 0 Å². The van der Waals surface area contributed by atoms with E-state index in [0.717, 1.165) is 11.1 Å². The molecule has 0 saturated heterocycles. The number of aromatic hydroxyl groups is 1. The van der Waals surface area contributed by atoms with Gasteiger partial charge in [-0.05, 0) is 94.3 Å². The van der Waals surface area contributed by atoms with Gasteiger partial charge in [0.05, 0.1) is 0 Å². The summed E-state index contributed by atoms with van der Waals surface area (Å²) in [6.45, 7) is 11.6. The number of benzene rings is 3. The van der Waals surface area contributed by atoms with Gasteiger partial charge in [-0.2, -0.15) is 0 Å². The van der Waals surface area contributed by atoms with E-state index in [4.69, 9.17) is 0 Å². The Kier molecular flexibility index (Phi) is 5.92. The van der Waals surface area contributed by atoms with Crippen LogP contribution < -0.4 is 5.32 Å². The highest BCUT2D eigenvalue weighted by Crippen LogP contribution is 2.47. The third-order valence-electron chi connectivity index (χ3n) is 7.00. The quantitative estimate of drug-likeness (QED) is 0.329. The summed E-state index contributed by atoms with van der Waals surface area (Å²) in [5.74, 6) is -0.0370. The fourth-order valence-corrected chi connectivity index (χ4v) is 4.79. The third kappa shape index (κ3) is 4.73. The van der Waals surface area contributed by atoms with Crippen molar-refractivity contribution in [2.45, 2.75) is 58.3 Å². The number of fused-ring (bicyclic) bond motifs is 1. The number of carbonyl (C=O) groups excluding carboxylic acids is 1. The van der Waals surface area contributed by atoms with Gasteiger partial charge in [0, 0.05) is 11.8 Å². The maximum atomic E-state index is 12.5. The average molecular weight is 440 g/mol. The highest BCUT2D eigenvalue weighted by Gasteiger charge is 2.37. The molecule has 0 unspecified atom stereocenters. The molecule has 0 spiro atoms. The first-order valence-corrected chi connectivity index (χ1v) is 11.6. The summed E-state index contributed by atoms with van der Waals surface area (Å²) in [7, 11) is 0. The van der Waals surface area contributed by atoms with Crippen LogP contribution in [0.5, 0.6) is 5.75 Å². The van der Waals surface area contributed by atoms with Crippen LogP contribution >= 0.6 is 0 Å². The lowest BCUT2D eigenvalue weighted by Crippen LogP contribution is -2.34. The number of carbonyl (C=O) groups is 1. The molecule has 0 radical (unpaired) electrons. The van der Waals surface area contributed by atoms with Crippen molar-refractivity contribution < 1.29 is 9.90 Å². The van der Waals surface area contributed by atoms with E-state index >= 15 is 0 Å². The summed E-state index contributed by atoms with van der Waals surface area (Å²) in [4.78, 5) is 12.5. The van der Waals surface area contributed by atoms with E-state index in [1.54, 1.807) is 30.3 Å². The summed E-state index contributed by atoms with van der Waals surface area (Å²) in [6.07, 6.45) is 5.81. The molecule has 3 nitrogen and oxygen atoms in total. The van der Waals surface area contributed by atoms with Crippen LogP contribution in [0.15, 0.2) is 66.7 Å². The average Bonchev–Trinajstić information content (AvgIpc) is 2.77. The van der Waals surface area contributed by atoms with Crippen LogP contribution in [0.1, 0.15) is 62.8 Å². The Hall–Kier alpha value is -3.33. The molecular formula is C30H33NO2. The van der Waals surface area contributed by atoms with Crippen molar-refractivity contribution in [1.82, 2.24) is 0 Å². The molecule has 2 N–H and O–H groups in total. The van der Waals surface area contributed by atoms with E-state index in [9.17, 15) is 9.90 Å². The molecule has 3 aromatic carbocycles. The molecular weight excluding hydrogens is 406 g/mol. The Labute approximate surface area is 197 Å². The number of aryl methyl sites for hydroxylation is 1. The normalized spacial score (nSPS) is 16.4. The van der Waals surface area contributed by atoms with Crippen LogP contribution in [-0.2, 0) is 15.6 Å². The maximum absolute atomic E-state index is 12.5. The van der Waals surface area contributed by atoms with Crippen molar-refractivity contribution >= 4 is 17.7 Å². The molecule has 1 aliphatic carbocycles. The molecule has 0 saturated carbocycles. The van der Waals surface area contributed by atoms with Gasteiger partial charge < -0.3 is 10.4 Å². The molecule has 3 aromatic rings. The zero-order chi connectivity index (χ0) is 23.8. The first-order valence-electron chi connectivity index (χ1n) is 11.6. The highest BCUT2D eigenvalue weighted by molar-refractivity contribution is 6.02. The molecule has 170 valence electrons. The summed E-state index contributed by atoms with van der Waals surface area (Å²) < 4.78 is 0. The zero-order valence-corrected chi connectivity index (χ0v) is 20.2. The van der Waals surface area contributed by atoms with Crippen molar-refractivity contribution in [3.05, 3.63) is 89.0 Å². The molecule has 0 aromatic heterocycles. The molecule has 4 rings (SSSR count). The van der Waals surface area contributed by atoms with Gasteiger partial charge in [0.1, 0.15) is 5.75 Å². The number of nitrogens with one attached hydrogen (secondary N) is 1. The van der Waals surface area contributed by atoms with E-state index in [-0.39, 0.29) is 22.5 Å². The minimum atomic E-state index is -0.208. The Balaban J connectivity index is 1.68. The smallest absolute Gasteiger partial charge is 0.248 e. The zero-order valence-electron chi connectivity index (χ0n) is 20.2. The van der Waals surface area contributed by atoms with Crippen molar-refractivity contribution in [3.8, 4) is 16.9 Å². The molecule has 0 atom stereocenters. The van der Waals surface area contributed by atoms with Crippen LogP contribution in [0.25, 0.3) is 17.2 Å². The lowest BCUT2D eigenvalue weighted by Gasteiger charge is -2.42. The minimum absolute atomic E-state index is 0.141. The van der Waals surface area contributed by atoms with E-state index in [1.807, 2.05) is 18.2 Å². The number of rotatable bonds is 4. The third-order valence-corrected chi connectivity index (χ3v) is 7.00. The second-order valence-electron chi connectivity index (χ2n) is 10.4. The van der Waals surface area contributed by atoms with Gasteiger partial charge in [-0.3, -0.25) is 4.79 Å². The monoisotopic (exact) mass is 439 g/mol. The highest BCUT2D eigenvalue weighted by atomic mass is 16.3. The minimum Gasteiger partial charge on any atom is -0.508 e. The summed E-state index contributed by atoms with van der Waals surface area (Å²) in [5.41, 5.74) is 8.48. The van der Waals surface area contributed by atoms with E-state index in [0.29, 0.717) is 5.69 Å². The maximum Gasteiger partial charge on any atom is 0.248 e. The van der Waals surface area contributed by atoms with Gasteiger partial charge in [-0.15, -0.1) is 0 Å². The Morgan fingerprint density at radius 1 is 0.879 bits per heavy atom. The number of amides is 1. The van der Waals surface area contributed by atoms with E-state index < -0.39 is 0 Å². The fraction of sp³-hybridized carbons (Fsp3) is 0.300. The van der Waals surface area contributed by atoms with Gasteiger partial charge in [0.2, 0.25) is 5.91 Å². The standard InChI is InChI=1S/C30H33NO2/c1-20-18-26-27(30(4,5)17-16-29(26,2)3)19-25(20)24-9-7-6-8-21(24)10-15-28(33)31-22-11-13-23(32)14-12-22/h6-15,18-19,32H,16-17H2,1-5H3,(H,31,33)/b15-10-. The van der Waals surface area contributed by atoms with Gasteiger partial charge in [0.25, 0.3) is 0 Å². The largest absolute Gasteiger partial charge is 0.508 e. The van der Waals surface area contributed by atoms with Crippen LogP contribution in [0.3, 0.4) is 0 Å². The summed E-state index contributed by atoms with van der Waals surface area (Å²) in [5, 5.41) is 12.2. The first-order chi connectivity index (χ1) is 15.6. The second kappa shape index (κ2) is 8.55. The molecule has 0 heterocycles. The van der Waals surface area contributed by atoms with Crippen molar-refractivity contribution in [2.24, 2.45) is 0 Å². The SMILES string of the molecule is Cc1cc2c(cc1-c1ccccc1/C=C\C(=O)Nc1ccc(O)cc1)C(C)(C)CCC2(C)C. The second-order valence-corrected chi connectivity index (χ2v) is 10.4. The number of phenolic OH excluding ortho intramolecular Hbond substituents is 1. The van der Waals surface area contributed by atoms with Crippen LogP contribution in [0, 0.1) is 6.92 Å². The Morgan fingerprint density at radius 3 is 2.15 bits per heavy atom. The summed E-state index contributed by atoms with van der Waals surface area (Å²) >= 11 is 0. The van der Waals surface area contributed by atoms with Gasteiger partial charge in [-0.1, -0.05) is 64.1 Å². The van der Waals surface area contributed by atoms with Crippen molar-refractivity contribution in [1.29, 1.82) is 0 Å². The predicted molar refractivity (Wildman–Crippen MR) is 138 cm³/mol. The molecule has 0 aliphatic heterocycles. The van der Waals surface area contributed by atoms with E-state index in [1.165, 1.54) is 35.1 Å². The van der Waals surface area contributed by atoms with Crippen LogP contribution in [-0.4, -0.2) is 11.0 Å². The number of hydrogen-bond acceptors (Lipinski definition) is 2.